The SMILES string of the molecule is Cc1ccc(NC(=O)CCCCCN2CCN(C)CC2)cc1Nc1nccc(-c2cccnc2)n1. The van der Waals surface area contributed by atoms with E-state index in [0.29, 0.717) is 12.4 Å². The topological polar surface area (TPSA) is 86.3 Å². The van der Waals surface area contributed by atoms with Gasteiger partial charge in [0.25, 0.3) is 0 Å². The predicted octanol–water partition coefficient (Wildman–Crippen LogP) is 4.34. The van der Waals surface area contributed by atoms with Crippen molar-refractivity contribution in [3.63, 3.8) is 0 Å². The summed E-state index contributed by atoms with van der Waals surface area (Å²) in [5, 5.41) is 6.32. The van der Waals surface area contributed by atoms with E-state index in [-0.39, 0.29) is 5.91 Å². The molecule has 0 aliphatic carbocycles. The average Bonchev–Trinajstić information content (AvgIpc) is 2.88. The average molecular weight is 474 g/mol. The molecule has 0 radical (unpaired) electrons. The van der Waals surface area contributed by atoms with E-state index in [1.165, 1.54) is 0 Å². The minimum atomic E-state index is 0.0502. The van der Waals surface area contributed by atoms with E-state index in [9.17, 15) is 4.79 Å². The molecule has 35 heavy (non-hydrogen) atoms. The molecule has 1 aliphatic rings. The molecule has 0 saturated carbocycles. The zero-order chi connectivity index (χ0) is 24.5. The number of nitrogens with zero attached hydrogens (tertiary/aromatic N) is 5. The Morgan fingerprint density at radius 2 is 1.89 bits per heavy atom. The Balaban J connectivity index is 1.25. The Hall–Kier alpha value is -3.36. The van der Waals surface area contributed by atoms with Crippen LogP contribution in [0.3, 0.4) is 0 Å². The van der Waals surface area contributed by atoms with E-state index < -0.39 is 0 Å². The van der Waals surface area contributed by atoms with Crippen LogP contribution < -0.4 is 10.6 Å². The molecule has 4 rings (SSSR count). The van der Waals surface area contributed by atoms with Crippen LogP contribution in [-0.4, -0.2) is 70.4 Å². The van der Waals surface area contributed by atoms with E-state index in [0.717, 1.165) is 80.2 Å². The molecule has 1 amide bonds. The summed E-state index contributed by atoms with van der Waals surface area (Å²) in [6.45, 7) is 7.75. The molecule has 1 aromatic carbocycles. The monoisotopic (exact) mass is 473 g/mol. The maximum absolute atomic E-state index is 12.5. The van der Waals surface area contributed by atoms with Crippen LogP contribution in [0.4, 0.5) is 17.3 Å². The van der Waals surface area contributed by atoms with Gasteiger partial charge in [0.1, 0.15) is 0 Å². The largest absolute Gasteiger partial charge is 0.326 e. The van der Waals surface area contributed by atoms with Gasteiger partial charge in [0.05, 0.1) is 5.69 Å². The lowest BCUT2D eigenvalue weighted by molar-refractivity contribution is -0.116. The lowest BCUT2D eigenvalue weighted by Crippen LogP contribution is -2.44. The first kappa shape index (κ1) is 24.8. The number of carbonyl (C=O) groups excluding carboxylic acids is 1. The van der Waals surface area contributed by atoms with Crippen molar-refractivity contribution in [2.24, 2.45) is 0 Å². The number of benzene rings is 1. The van der Waals surface area contributed by atoms with Crippen molar-refractivity contribution >= 4 is 23.2 Å². The van der Waals surface area contributed by atoms with Gasteiger partial charge in [0.15, 0.2) is 0 Å². The maximum Gasteiger partial charge on any atom is 0.227 e. The molecule has 2 N–H and O–H groups in total. The van der Waals surface area contributed by atoms with Gasteiger partial charge in [-0.25, -0.2) is 9.97 Å². The number of hydrogen-bond acceptors (Lipinski definition) is 7. The van der Waals surface area contributed by atoms with Crippen LogP contribution in [-0.2, 0) is 4.79 Å². The first-order valence-corrected chi connectivity index (χ1v) is 12.4. The second-order valence-electron chi connectivity index (χ2n) is 9.17. The van der Waals surface area contributed by atoms with Crippen LogP contribution in [0.5, 0.6) is 0 Å². The lowest BCUT2D eigenvalue weighted by Gasteiger charge is -2.32. The van der Waals surface area contributed by atoms with Crippen LogP contribution in [0.15, 0.2) is 55.0 Å². The Kier molecular flexibility index (Phi) is 8.75. The number of carbonyl (C=O) groups is 1. The number of aromatic nitrogens is 3. The van der Waals surface area contributed by atoms with E-state index in [1.54, 1.807) is 18.6 Å². The van der Waals surface area contributed by atoms with Gasteiger partial charge in [-0.2, -0.15) is 0 Å². The first-order chi connectivity index (χ1) is 17.1. The van der Waals surface area contributed by atoms with Gasteiger partial charge in [0.2, 0.25) is 11.9 Å². The number of pyridine rings is 1. The molecule has 8 nitrogen and oxygen atoms in total. The highest BCUT2D eigenvalue weighted by Gasteiger charge is 2.13. The third-order valence-corrected chi connectivity index (χ3v) is 6.35. The van der Waals surface area contributed by atoms with E-state index in [2.05, 4.69) is 42.4 Å². The Labute approximate surface area is 207 Å². The Bertz CT molecular complexity index is 1100. The van der Waals surface area contributed by atoms with Gasteiger partial charge in [-0.15, -0.1) is 0 Å². The summed E-state index contributed by atoms with van der Waals surface area (Å²) in [4.78, 5) is 30.5. The molecule has 1 aliphatic heterocycles. The summed E-state index contributed by atoms with van der Waals surface area (Å²) in [6.07, 6.45) is 8.91. The highest BCUT2D eigenvalue weighted by molar-refractivity contribution is 5.91. The normalized spacial score (nSPS) is 14.6. The minimum Gasteiger partial charge on any atom is -0.326 e. The molecule has 0 atom stereocenters. The molecular weight excluding hydrogens is 438 g/mol. The molecule has 3 heterocycles. The smallest absolute Gasteiger partial charge is 0.227 e. The number of unbranched alkanes of at least 4 members (excludes halogenated alkanes) is 2. The number of aryl methyl sites for hydroxylation is 1. The number of amides is 1. The minimum absolute atomic E-state index is 0.0502. The fourth-order valence-corrected chi connectivity index (χ4v) is 4.14. The van der Waals surface area contributed by atoms with Crippen molar-refractivity contribution in [1.82, 2.24) is 24.8 Å². The van der Waals surface area contributed by atoms with E-state index >= 15 is 0 Å². The van der Waals surface area contributed by atoms with Crippen LogP contribution in [0, 0.1) is 6.92 Å². The summed E-state index contributed by atoms with van der Waals surface area (Å²) >= 11 is 0. The van der Waals surface area contributed by atoms with Gasteiger partial charge in [-0.3, -0.25) is 9.78 Å². The van der Waals surface area contributed by atoms with Crippen LogP contribution in [0.2, 0.25) is 0 Å². The van der Waals surface area contributed by atoms with Crippen LogP contribution in [0.1, 0.15) is 31.2 Å². The number of piperazine rings is 1. The zero-order valence-corrected chi connectivity index (χ0v) is 20.7. The van der Waals surface area contributed by atoms with Gasteiger partial charge in [0, 0.05) is 68.1 Å². The zero-order valence-electron chi connectivity index (χ0n) is 20.7. The van der Waals surface area contributed by atoms with E-state index in [4.69, 9.17) is 0 Å². The standard InChI is InChI=1S/C27H35N7O/c1-21-9-10-23(30-26(35)8-4-3-5-14-34-17-15-33(2)16-18-34)19-25(21)32-27-29-13-11-24(31-27)22-7-6-12-28-20-22/h6-7,9-13,19-20H,3-5,8,14-18H2,1-2H3,(H,30,35)(H,29,31,32). The molecule has 184 valence electrons. The van der Waals surface area contributed by atoms with Gasteiger partial charge in [-0.05, 0) is 69.3 Å². The quantitative estimate of drug-likeness (QED) is 0.424. The van der Waals surface area contributed by atoms with E-state index in [1.807, 2.05) is 43.3 Å². The fourth-order valence-electron chi connectivity index (χ4n) is 4.14. The molecule has 1 fully saturated rings. The fraction of sp³-hybridized carbons (Fsp3) is 0.407. The number of rotatable bonds is 10. The Morgan fingerprint density at radius 1 is 1.03 bits per heavy atom. The van der Waals surface area contributed by atoms with Crippen molar-refractivity contribution in [2.75, 3.05) is 50.4 Å². The highest BCUT2D eigenvalue weighted by Crippen LogP contribution is 2.24. The third kappa shape index (κ3) is 7.56. The molecule has 8 heteroatoms. The molecule has 2 aromatic heterocycles. The van der Waals surface area contributed by atoms with Gasteiger partial charge >= 0.3 is 0 Å². The van der Waals surface area contributed by atoms with Gasteiger partial charge < -0.3 is 20.4 Å². The lowest BCUT2D eigenvalue weighted by atomic mass is 10.1. The molecule has 0 unspecified atom stereocenters. The Morgan fingerprint density at radius 3 is 2.69 bits per heavy atom. The third-order valence-electron chi connectivity index (χ3n) is 6.35. The summed E-state index contributed by atoms with van der Waals surface area (Å²) < 4.78 is 0. The molecular formula is C27H35N7O. The second-order valence-corrected chi connectivity index (χ2v) is 9.17. The molecule has 1 saturated heterocycles. The molecule has 0 spiro atoms. The summed E-state index contributed by atoms with van der Waals surface area (Å²) in [5.41, 5.74) is 4.40. The maximum atomic E-state index is 12.5. The predicted molar refractivity (Wildman–Crippen MR) is 141 cm³/mol. The number of nitrogens with one attached hydrogen (secondary N) is 2. The van der Waals surface area contributed by atoms with Crippen molar-refractivity contribution in [1.29, 1.82) is 0 Å². The molecule has 3 aromatic rings. The van der Waals surface area contributed by atoms with Crippen molar-refractivity contribution in [3.05, 3.63) is 60.6 Å². The number of anilines is 3. The second kappa shape index (κ2) is 12.4. The first-order valence-electron chi connectivity index (χ1n) is 12.4. The number of hydrogen-bond donors (Lipinski definition) is 2. The van der Waals surface area contributed by atoms with Crippen molar-refractivity contribution < 1.29 is 4.79 Å². The molecule has 0 bridgehead atoms. The summed E-state index contributed by atoms with van der Waals surface area (Å²) in [6, 6.07) is 11.6. The summed E-state index contributed by atoms with van der Waals surface area (Å²) in [5.74, 6) is 0.549. The number of likely N-dealkylation sites (N-methyl/N-ethyl adjacent to an activating group) is 1. The van der Waals surface area contributed by atoms with Crippen LogP contribution in [0.25, 0.3) is 11.3 Å². The van der Waals surface area contributed by atoms with Crippen molar-refractivity contribution in [3.8, 4) is 11.3 Å². The highest BCUT2D eigenvalue weighted by atomic mass is 16.1. The van der Waals surface area contributed by atoms with Crippen LogP contribution >= 0.6 is 0 Å². The van der Waals surface area contributed by atoms with Crippen molar-refractivity contribution in [2.45, 2.75) is 32.6 Å². The van der Waals surface area contributed by atoms with Gasteiger partial charge in [-0.1, -0.05) is 12.5 Å². The summed E-state index contributed by atoms with van der Waals surface area (Å²) in [7, 11) is 2.18.